The summed E-state index contributed by atoms with van der Waals surface area (Å²) >= 11 is 0. The smallest absolute Gasteiger partial charge is 0.338 e. The van der Waals surface area contributed by atoms with E-state index in [2.05, 4.69) is 0 Å². The topological polar surface area (TPSA) is 60.4 Å². The van der Waals surface area contributed by atoms with E-state index in [1.165, 1.54) is 0 Å². The van der Waals surface area contributed by atoms with Gasteiger partial charge in [0.05, 0.1) is 24.3 Å². The summed E-state index contributed by atoms with van der Waals surface area (Å²) in [7, 11) is 0. The maximum Gasteiger partial charge on any atom is 0.338 e. The molecular weight excluding hydrogens is 440 g/mol. The third kappa shape index (κ3) is 5.98. The highest BCUT2D eigenvalue weighted by Gasteiger charge is 2.13. The Morgan fingerprint density at radius 1 is 0.571 bits per heavy atom. The van der Waals surface area contributed by atoms with Crippen molar-refractivity contribution in [2.45, 2.75) is 21.3 Å². The molecule has 2 aromatic carbocycles. The summed E-state index contributed by atoms with van der Waals surface area (Å²) in [6.45, 7) is 4.30. The standard InChI is InChI=1S/C28H26N2O4.CH4/c1-3-33-27(31)23-5-9-25(10-6-23)29-17-13-21(14-18-29)22-15-19-30(20-16-22)26-11-7-24(8-12-26)28(32)34-4-2;/h5-20H,3-4H2,1-2H3;1H4/q+2;. The second-order valence-corrected chi connectivity index (χ2v) is 7.52. The number of carbonyl (C=O) groups is 2. The molecule has 0 fully saturated rings. The minimum Gasteiger partial charge on any atom is -0.462 e. The Balaban J connectivity index is 0.00000342. The molecule has 6 heteroatoms. The van der Waals surface area contributed by atoms with Gasteiger partial charge in [0.1, 0.15) is 0 Å². The third-order valence-corrected chi connectivity index (χ3v) is 5.35. The average Bonchev–Trinajstić information content (AvgIpc) is 2.89. The number of aromatic nitrogens is 2. The molecule has 4 aromatic rings. The van der Waals surface area contributed by atoms with Crippen LogP contribution in [0.2, 0.25) is 0 Å². The first-order valence-electron chi connectivity index (χ1n) is 11.2. The zero-order valence-electron chi connectivity index (χ0n) is 19.2. The molecule has 2 heterocycles. The maximum absolute atomic E-state index is 11.8. The van der Waals surface area contributed by atoms with Crippen LogP contribution in [0.15, 0.2) is 97.6 Å². The van der Waals surface area contributed by atoms with Gasteiger partial charge in [0.15, 0.2) is 24.8 Å². The van der Waals surface area contributed by atoms with E-state index in [0.717, 1.165) is 22.5 Å². The summed E-state index contributed by atoms with van der Waals surface area (Å²) in [6.07, 6.45) is 7.96. The quantitative estimate of drug-likeness (QED) is 0.285. The van der Waals surface area contributed by atoms with Crippen LogP contribution in [0.4, 0.5) is 0 Å². The molecule has 35 heavy (non-hydrogen) atoms. The van der Waals surface area contributed by atoms with Gasteiger partial charge in [-0.25, -0.2) is 9.59 Å². The van der Waals surface area contributed by atoms with Crippen LogP contribution >= 0.6 is 0 Å². The van der Waals surface area contributed by atoms with Gasteiger partial charge in [0, 0.05) is 48.5 Å². The number of nitrogens with zero attached hydrogens (tertiary/aromatic N) is 2. The van der Waals surface area contributed by atoms with Crippen LogP contribution in [-0.4, -0.2) is 25.2 Å². The Bertz CT molecular complexity index is 1160. The summed E-state index contributed by atoms with van der Waals surface area (Å²) in [5, 5.41) is 0. The van der Waals surface area contributed by atoms with E-state index < -0.39 is 0 Å². The summed E-state index contributed by atoms with van der Waals surface area (Å²) in [5.41, 5.74) is 5.16. The molecule has 0 aliphatic rings. The first-order chi connectivity index (χ1) is 16.6. The molecule has 0 saturated heterocycles. The zero-order valence-corrected chi connectivity index (χ0v) is 19.2. The van der Waals surface area contributed by atoms with Gasteiger partial charge >= 0.3 is 11.9 Å². The van der Waals surface area contributed by atoms with Gasteiger partial charge in [-0.05, 0) is 49.2 Å². The second kappa shape index (κ2) is 11.7. The fraction of sp³-hybridized carbons (Fsp3) is 0.172. The van der Waals surface area contributed by atoms with Crippen LogP contribution in [0.1, 0.15) is 42.0 Å². The van der Waals surface area contributed by atoms with E-state index in [9.17, 15) is 9.59 Å². The molecule has 0 bridgehead atoms. The van der Waals surface area contributed by atoms with Crippen molar-refractivity contribution in [2.75, 3.05) is 13.2 Å². The van der Waals surface area contributed by atoms with Crippen molar-refractivity contribution < 1.29 is 28.2 Å². The van der Waals surface area contributed by atoms with Crippen molar-refractivity contribution in [3.05, 3.63) is 109 Å². The largest absolute Gasteiger partial charge is 0.462 e. The molecule has 0 aliphatic heterocycles. The molecule has 0 amide bonds. The molecule has 0 N–H and O–H groups in total. The lowest BCUT2D eigenvalue weighted by Gasteiger charge is -2.03. The summed E-state index contributed by atoms with van der Waals surface area (Å²) in [4.78, 5) is 23.7. The maximum atomic E-state index is 11.8. The number of rotatable bonds is 7. The molecule has 6 nitrogen and oxygen atoms in total. The molecule has 178 valence electrons. The van der Waals surface area contributed by atoms with Crippen LogP contribution in [0.25, 0.3) is 22.5 Å². The van der Waals surface area contributed by atoms with Gasteiger partial charge in [-0.2, -0.15) is 9.13 Å². The van der Waals surface area contributed by atoms with Gasteiger partial charge in [0.2, 0.25) is 11.4 Å². The zero-order chi connectivity index (χ0) is 23.9. The van der Waals surface area contributed by atoms with Crippen LogP contribution in [0.5, 0.6) is 0 Å². The molecule has 0 atom stereocenters. The number of benzene rings is 2. The van der Waals surface area contributed by atoms with Crippen LogP contribution < -0.4 is 9.13 Å². The highest BCUT2D eigenvalue weighted by atomic mass is 16.5. The average molecular weight is 471 g/mol. The van der Waals surface area contributed by atoms with E-state index in [1.807, 2.05) is 82.5 Å². The predicted molar refractivity (Wildman–Crippen MR) is 134 cm³/mol. The summed E-state index contributed by atoms with van der Waals surface area (Å²) in [5.74, 6) is -0.628. The van der Waals surface area contributed by atoms with Gasteiger partial charge in [-0.3, -0.25) is 0 Å². The van der Waals surface area contributed by atoms with E-state index in [0.29, 0.717) is 24.3 Å². The molecule has 0 aliphatic carbocycles. The van der Waals surface area contributed by atoms with Crippen molar-refractivity contribution in [1.82, 2.24) is 0 Å². The minimum atomic E-state index is -0.314. The number of pyridine rings is 2. The number of hydrogen-bond acceptors (Lipinski definition) is 4. The molecule has 0 spiro atoms. The molecule has 4 rings (SSSR count). The Hall–Kier alpha value is -4.32. The van der Waals surface area contributed by atoms with E-state index >= 15 is 0 Å². The van der Waals surface area contributed by atoms with Crippen molar-refractivity contribution in [3.8, 4) is 22.5 Å². The third-order valence-electron chi connectivity index (χ3n) is 5.35. The highest BCUT2D eigenvalue weighted by Crippen LogP contribution is 2.17. The molecular formula is C29H30N2O4+2. The number of esters is 2. The SMILES string of the molecule is C.CCOC(=O)c1ccc(-[n+]2ccc(-c3cc[n+](-c4ccc(C(=O)OCC)cc4)cc3)cc2)cc1. The fourth-order valence-corrected chi connectivity index (χ4v) is 3.55. The lowest BCUT2D eigenvalue weighted by molar-refractivity contribution is -0.596. The summed E-state index contributed by atoms with van der Waals surface area (Å²) < 4.78 is 14.1. The number of hydrogen-bond donors (Lipinski definition) is 0. The molecule has 0 saturated carbocycles. The first-order valence-corrected chi connectivity index (χ1v) is 11.2. The summed E-state index contributed by atoms with van der Waals surface area (Å²) in [6, 6.07) is 22.8. The van der Waals surface area contributed by atoms with Crippen molar-refractivity contribution in [1.29, 1.82) is 0 Å². The molecule has 0 unspecified atom stereocenters. The fourth-order valence-electron chi connectivity index (χ4n) is 3.55. The van der Waals surface area contributed by atoms with Gasteiger partial charge in [-0.15, -0.1) is 0 Å². The molecule has 0 radical (unpaired) electrons. The van der Waals surface area contributed by atoms with Crippen molar-refractivity contribution in [3.63, 3.8) is 0 Å². The van der Waals surface area contributed by atoms with Crippen LogP contribution in [0, 0.1) is 0 Å². The second-order valence-electron chi connectivity index (χ2n) is 7.52. The lowest BCUT2D eigenvalue weighted by atomic mass is 10.1. The Morgan fingerprint density at radius 3 is 1.17 bits per heavy atom. The monoisotopic (exact) mass is 470 g/mol. The van der Waals surface area contributed by atoms with Gasteiger partial charge in [-0.1, -0.05) is 7.43 Å². The van der Waals surface area contributed by atoms with Crippen LogP contribution in [0.3, 0.4) is 0 Å². The van der Waals surface area contributed by atoms with Crippen molar-refractivity contribution in [2.24, 2.45) is 0 Å². The Labute approximate surface area is 206 Å². The highest BCUT2D eigenvalue weighted by molar-refractivity contribution is 5.90. The minimum absolute atomic E-state index is 0. The van der Waals surface area contributed by atoms with Gasteiger partial charge in [0.25, 0.3) is 0 Å². The van der Waals surface area contributed by atoms with E-state index in [-0.39, 0.29) is 19.4 Å². The van der Waals surface area contributed by atoms with Gasteiger partial charge < -0.3 is 9.47 Å². The van der Waals surface area contributed by atoms with Crippen LogP contribution in [-0.2, 0) is 9.47 Å². The predicted octanol–water partition coefficient (Wildman–Crippen LogP) is 4.90. The lowest BCUT2D eigenvalue weighted by Crippen LogP contribution is -2.29. The number of ether oxygens (including phenoxy) is 2. The number of carbonyl (C=O) groups excluding carboxylic acids is 2. The van der Waals surface area contributed by atoms with E-state index in [1.54, 1.807) is 38.1 Å². The Kier molecular flexibility index (Phi) is 8.46. The Morgan fingerprint density at radius 2 is 0.886 bits per heavy atom. The van der Waals surface area contributed by atoms with E-state index in [4.69, 9.17) is 9.47 Å². The molecule has 2 aromatic heterocycles. The van der Waals surface area contributed by atoms with Crippen molar-refractivity contribution >= 4 is 11.9 Å². The first kappa shape index (κ1) is 25.3. The normalized spacial score (nSPS) is 10.2.